The fourth-order valence-electron chi connectivity index (χ4n) is 1.27. The second-order valence-electron chi connectivity index (χ2n) is 2.85. The molecule has 6 N–H and O–H groups in total. The zero-order valence-corrected chi connectivity index (χ0v) is 6.91. The predicted octanol–water partition coefficient (Wildman–Crippen LogP) is 0.220. The number of nitrogens with zero attached hydrogens (tertiary/aromatic N) is 1. The van der Waals surface area contributed by atoms with Crippen molar-refractivity contribution in [3.63, 3.8) is 0 Å². The van der Waals surface area contributed by atoms with Gasteiger partial charge in [-0.05, 0) is 12.1 Å². The maximum absolute atomic E-state index is 8.94. The van der Waals surface area contributed by atoms with Crippen LogP contribution in [0.25, 0.3) is 11.0 Å². The second kappa shape index (κ2) is 2.63. The van der Waals surface area contributed by atoms with E-state index in [1.165, 1.54) is 0 Å². The predicted molar refractivity (Wildman–Crippen MR) is 50.8 cm³/mol. The Balaban J connectivity index is 2.72. The Bertz CT molecular complexity index is 449. The number of aliphatic hydroxyl groups excluding tert-OH is 1. The maximum Gasteiger partial charge on any atom is 0.198 e. The zero-order chi connectivity index (χ0) is 9.42. The van der Waals surface area contributed by atoms with Crippen LogP contribution >= 0.6 is 0 Å². The lowest BCUT2D eigenvalue weighted by Crippen LogP contribution is -1.93. The minimum absolute atomic E-state index is 0.0826. The van der Waals surface area contributed by atoms with Gasteiger partial charge in [-0.15, -0.1) is 0 Å². The molecule has 68 valence electrons. The van der Waals surface area contributed by atoms with Crippen molar-refractivity contribution in [3.05, 3.63) is 17.7 Å². The number of nitrogens with one attached hydrogen (secondary N) is 1. The Morgan fingerprint density at radius 1 is 1.38 bits per heavy atom. The number of anilines is 2. The van der Waals surface area contributed by atoms with Gasteiger partial charge in [0.15, 0.2) is 5.95 Å². The summed E-state index contributed by atoms with van der Waals surface area (Å²) in [6.45, 7) is -0.0826. The number of nitrogens with two attached hydrogens (primary N) is 2. The van der Waals surface area contributed by atoms with E-state index in [0.29, 0.717) is 22.7 Å². The molecule has 2 aromatic rings. The number of aliphatic hydroxyl groups is 1. The molecule has 5 heteroatoms. The van der Waals surface area contributed by atoms with Gasteiger partial charge in [0.1, 0.15) is 0 Å². The quantitative estimate of drug-likeness (QED) is 0.469. The molecular formula is C8H10N4O. The molecule has 0 aliphatic heterocycles. The van der Waals surface area contributed by atoms with Gasteiger partial charge < -0.3 is 21.6 Å². The average Bonchev–Trinajstić information content (AvgIpc) is 2.42. The second-order valence-corrected chi connectivity index (χ2v) is 2.85. The molecule has 0 fully saturated rings. The summed E-state index contributed by atoms with van der Waals surface area (Å²) in [4.78, 5) is 6.87. The summed E-state index contributed by atoms with van der Waals surface area (Å²) in [7, 11) is 0. The molecule has 0 unspecified atom stereocenters. The van der Waals surface area contributed by atoms with Crippen molar-refractivity contribution in [2.45, 2.75) is 6.61 Å². The highest BCUT2D eigenvalue weighted by atomic mass is 16.3. The van der Waals surface area contributed by atoms with E-state index in [1.54, 1.807) is 12.1 Å². The van der Waals surface area contributed by atoms with Crippen LogP contribution in [-0.2, 0) is 6.61 Å². The molecule has 2 rings (SSSR count). The Hall–Kier alpha value is -1.75. The Morgan fingerprint density at radius 2 is 2.15 bits per heavy atom. The van der Waals surface area contributed by atoms with Crippen LogP contribution < -0.4 is 11.5 Å². The van der Waals surface area contributed by atoms with Crippen LogP contribution in [0.4, 0.5) is 11.6 Å². The molecule has 0 aliphatic rings. The number of benzene rings is 1. The lowest BCUT2D eigenvalue weighted by atomic mass is 10.1. The van der Waals surface area contributed by atoms with Gasteiger partial charge >= 0.3 is 0 Å². The standard InChI is InChI=1S/C8H10N4O/c9-5-2-7-6(1-4(5)3-13)11-8(10)12-7/h1-2,13H,3,9H2,(H3,10,11,12). The number of rotatable bonds is 1. The molecule has 0 spiro atoms. The van der Waals surface area contributed by atoms with Gasteiger partial charge in [0.25, 0.3) is 0 Å². The molecule has 1 aromatic heterocycles. The van der Waals surface area contributed by atoms with Gasteiger partial charge in [0, 0.05) is 11.3 Å². The molecule has 0 saturated heterocycles. The van der Waals surface area contributed by atoms with Gasteiger partial charge in [-0.1, -0.05) is 0 Å². The van der Waals surface area contributed by atoms with Crippen molar-refractivity contribution in [2.24, 2.45) is 0 Å². The van der Waals surface area contributed by atoms with Crippen LogP contribution in [0.2, 0.25) is 0 Å². The lowest BCUT2D eigenvalue weighted by Gasteiger charge is -2.00. The Labute approximate surface area is 74.4 Å². The van der Waals surface area contributed by atoms with E-state index in [2.05, 4.69) is 9.97 Å². The molecule has 5 nitrogen and oxygen atoms in total. The Kier molecular flexibility index (Phi) is 1.60. The fraction of sp³-hybridized carbons (Fsp3) is 0.125. The number of imidazole rings is 1. The highest BCUT2D eigenvalue weighted by Gasteiger charge is 2.04. The first-order chi connectivity index (χ1) is 6.20. The van der Waals surface area contributed by atoms with Gasteiger partial charge in [-0.25, -0.2) is 4.98 Å². The van der Waals surface area contributed by atoms with Crippen LogP contribution in [0.15, 0.2) is 12.1 Å². The molecule has 1 aromatic carbocycles. The van der Waals surface area contributed by atoms with Crippen LogP contribution in [0.1, 0.15) is 5.56 Å². The van der Waals surface area contributed by atoms with Gasteiger partial charge in [0.05, 0.1) is 17.6 Å². The van der Waals surface area contributed by atoms with Crippen LogP contribution in [0.3, 0.4) is 0 Å². The third-order valence-electron chi connectivity index (χ3n) is 1.93. The van der Waals surface area contributed by atoms with Gasteiger partial charge in [0.2, 0.25) is 0 Å². The fourth-order valence-corrected chi connectivity index (χ4v) is 1.27. The normalized spacial score (nSPS) is 10.8. The number of nitrogen functional groups attached to an aromatic ring is 2. The van der Waals surface area contributed by atoms with E-state index in [4.69, 9.17) is 16.6 Å². The number of hydrogen-bond acceptors (Lipinski definition) is 4. The summed E-state index contributed by atoms with van der Waals surface area (Å²) in [6.07, 6.45) is 0. The largest absolute Gasteiger partial charge is 0.398 e. The first kappa shape index (κ1) is 7.88. The summed E-state index contributed by atoms with van der Waals surface area (Å²) in [5.74, 6) is 0.351. The number of aromatic amines is 1. The van der Waals surface area contributed by atoms with E-state index in [1.807, 2.05) is 0 Å². The van der Waals surface area contributed by atoms with E-state index in [9.17, 15) is 0 Å². The highest BCUT2D eigenvalue weighted by molar-refractivity contribution is 5.82. The van der Waals surface area contributed by atoms with E-state index in [-0.39, 0.29) is 6.61 Å². The number of fused-ring (bicyclic) bond motifs is 1. The molecule has 1 heterocycles. The first-order valence-corrected chi connectivity index (χ1v) is 3.85. The summed E-state index contributed by atoms with van der Waals surface area (Å²) in [5.41, 5.74) is 13.8. The van der Waals surface area contributed by atoms with Crippen molar-refractivity contribution >= 4 is 22.7 Å². The van der Waals surface area contributed by atoms with Crippen molar-refractivity contribution in [1.29, 1.82) is 0 Å². The SMILES string of the molecule is Nc1nc2cc(N)c(CO)cc2[nH]1. The third-order valence-corrected chi connectivity index (χ3v) is 1.93. The van der Waals surface area contributed by atoms with E-state index < -0.39 is 0 Å². The number of H-pyrrole nitrogens is 1. The number of hydrogen-bond donors (Lipinski definition) is 4. The first-order valence-electron chi connectivity index (χ1n) is 3.85. The monoisotopic (exact) mass is 178 g/mol. The average molecular weight is 178 g/mol. The molecule has 0 radical (unpaired) electrons. The third kappa shape index (κ3) is 1.19. The number of aromatic nitrogens is 2. The van der Waals surface area contributed by atoms with Crippen LogP contribution in [-0.4, -0.2) is 15.1 Å². The van der Waals surface area contributed by atoms with E-state index >= 15 is 0 Å². The summed E-state index contributed by atoms with van der Waals surface area (Å²) < 4.78 is 0. The minimum Gasteiger partial charge on any atom is -0.398 e. The zero-order valence-electron chi connectivity index (χ0n) is 6.91. The summed E-state index contributed by atoms with van der Waals surface area (Å²) >= 11 is 0. The van der Waals surface area contributed by atoms with Crippen LogP contribution in [0, 0.1) is 0 Å². The van der Waals surface area contributed by atoms with Crippen molar-refractivity contribution < 1.29 is 5.11 Å². The molecule has 0 saturated carbocycles. The van der Waals surface area contributed by atoms with Crippen molar-refractivity contribution in [1.82, 2.24) is 9.97 Å². The Morgan fingerprint density at radius 3 is 2.85 bits per heavy atom. The molecule has 0 amide bonds. The van der Waals surface area contributed by atoms with Crippen molar-refractivity contribution in [2.75, 3.05) is 11.5 Å². The molecular weight excluding hydrogens is 168 g/mol. The van der Waals surface area contributed by atoms with Crippen molar-refractivity contribution in [3.8, 4) is 0 Å². The van der Waals surface area contributed by atoms with E-state index in [0.717, 1.165) is 5.52 Å². The highest BCUT2D eigenvalue weighted by Crippen LogP contribution is 2.20. The molecule has 13 heavy (non-hydrogen) atoms. The lowest BCUT2D eigenvalue weighted by molar-refractivity contribution is 0.282. The molecule has 0 aliphatic carbocycles. The van der Waals surface area contributed by atoms with Gasteiger partial charge in [-0.3, -0.25) is 0 Å². The van der Waals surface area contributed by atoms with Crippen LogP contribution in [0.5, 0.6) is 0 Å². The minimum atomic E-state index is -0.0826. The molecule has 0 bridgehead atoms. The molecule has 0 atom stereocenters. The van der Waals surface area contributed by atoms with Gasteiger partial charge in [-0.2, -0.15) is 0 Å². The summed E-state index contributed by atoms with van der Waals surface area (Å²) in [6, 6.07) is 3.43. The maximum atomic E-state index is 8.94. The smallest absolute Gasteiger partial charge is 0.198 e. The topological polar surface area (TPSA) is 101 Å². The summed E-state index contributed by atoms with van der Waals surface area (Å²) in [5, 5.41) is 8.94.